The van der Waals surface area contributed by atoms with E-state index in [1.165, 1.54) is 14.2 Å². The monoisotopic (exact) mass is 401 g/mol. The van der Waals surface area contributed by atoms with Crippen LogP contribution in [0.1, 0.15) is 30.9 Å². The highest BCUT2D eigenvalue weighted by Gasteiger charge is 2.50. The first kappa shape index (κ1) is 22.0. The fraction of sp³-hybridized carbons (Fsp3) is 0.455. The van der Waals surface area contributed by atoms with Crippen LogP contribution in [0.25, 0.3) is 6.08 Å². The number of esters is 2. The third kappa shape index (κ3) is 4.38. The quantitative estimate of drug-likeness (QED) is 0.599. The number of benzene rings is 1. The second-order valence-electron chi connectivity index (χ2n) is 8.55. The topological polar surface area (TPSA) is 64.6 Å². The molecule has 0 aromatic heterocycles. The molecular formula is C22H31NO4Si. The van der Waals surface area contributed by atoms with E-state index in [-0.39, 0.29) is 5.97 Å². The number of carbonyl (C=O) groups is 2. The van der Waals surface area contributed by atoms with Gasteiger partial charge in [-0.15, -0.1) is 0 Å². The average Bonchev–Trinajstić information content (AvgIpc) is 2.66. The van der Waals surface area contributed by atoms with E-state index in [1.54, 1.807) is 0 Å². The van der Waals surface area contributed by atoms with Gasteiger partial charge in [0.05, 0.1) is 33.3 Å². The van der Waals surface area contributed by atoms with Gasteiger partial charge in [0.2, 0.25) is 0 Å². The number of ether oxygens (including phenoxy) is 2. The Labute approximate surface area is 168 Å². The maximum Gasteiger partial charge on any atom is 0.336 e. The number of allylic oxidation sites excluding steroid dienone is 1. The molecule has 5 nitrogen and oxygen atoms in total. The first-order valence-corrected chi connectivity index (χ1v) is 13.0. The summed E-state index contributed by atoms with van der Waals surface area (Å²) in [6.45, 7) is 10.8. The summed E-state index contributed by atoms with van der Waals surface area (Å²) in [6.07, 6.45) is 2.12. The van der Waals surface area contributed by atoms with Gasteiger partial charge in [-0.3, -0.25) is 4.79 Å². The summed E-state index contributed by atoms with van der Waals surface area (Å²) < 4.78 is 10.2. The van der Waals surface area contributed by atoms with Crippen LogP contribution in [-0.2, 0) is 19.1 Å². The second kappa shape index (κ2) is 8.35. The van der Waals surface area contributed by atoms with Gasteiger partial charge in [-0.25, -0.2) is 4.79 Å². The maximum atomic E-state index is 12.8. The molecular weight excluding hydrogens is 370 g/mol. The molecule has 0 radical (unpaired) electrons. The van der Waals surface area contributed by atoms with Crippen molar-refractivity contribution in [3.8, 4) is 0 Å². The van der Waals surface area contributed by atoms with Gasteiger partial charge in [-0.1, -0.05) is 55.7 Å². The molecule has 2 rings (SSSR count). The summed E-state index contributed by atoms with van der Waals surface area (Å²) in [7, 11) is 1.32. The first-order chi connectivity index (χ1) is 13.0. The molecule has 1 aliphatic heterocycles. The second-order valence-corrected chi connectivity index (χ2v) is 13.6. The third-order valence-electron chi connectivity index (χ3n) is 5.18. The minimum absolute atomic E-state index is 0.358. The van der Waals surface area contributed by atoms with Gasteiger partial charge >= 0.3 is 11.9 Å². The van der Waals surface area contributed by atoms with Gasteiger partial charge in [0.1, 0.15) is 0 Å². The zero-order chi connectivity index (χ0) is 21.1. The molecule has 152 valence electrons. The van der Waals surface area contributed by atoms with E-state index in [0.717, 1.165) is 16.8 Å². The molecule has 1 N–H and O–H groups in total. The van der Waals surface area contributed by atoms with Crippen LogP contribution in [0.2, 0.25) is 19.6 Å². The van der Waals surface area contributed by atoms with E-state index in [0.29, 0.717) is 12.1 Å². The molecule has 0 aliphatic carbocycles. The lowest BCUT2D eigenvalue weighted by Crippen LogP contribution is -2.49. The minimum atomic E-state index is -1.42. The van der Waals surface area contributed by atoms with Crippen molar-refractivity contribution in [1.82, 2.24) is 5.32 Å². The molecule has 1 aromatic carbocycles. The number of hydrogen-bond acceptors (Lipinski definition) is 5. The molecule has 1 aliphatic rings. The number of hydrogen-bond donors (Lipinski definition) is 1. The molecule has 28 heavy (non-hydrogen) atoms. The van der Waals surface area contributed by atoms with Crippen LogP contribution in [0, 0.1) is 5.41 Å². The van der Waals surface area contributed by atoms with Crippen molar-refractivity contribution in [1.29, 1.82) is 0 Å². The van der Waals surface area contributed by atoms with Crippen LogP contribution in [0.5, 0.6) is 0 Å². The summed E-state index contributed by atoms with van der Waals surface area (Å²) in [5.74, 6) is -1.27. The highest BCUT2D eigenvalue weighted by molar-refractivity contribution is 6.81. The molecule has 0 spiro atoms. The molecule has 0 saturated carbocycles. The molecule has 6 heteroatoms. The molecule has 0 saturated heterocycles. The largest absolute Gasteiger partial charge is 0.469 e. The Morgan fingerprint density at radius 2 is 1.82 bits per heavy atom. The maximum absolute atomic E-state index is 12.8. The molecule has 2 unspecified atom stereocenters. The van der Waals surface area contributed by atoms with Crippen LogP contribution < -0.4 is 5.32 Å². The minimum Gasteiger partial charge on any atom is -0.469 e. The van der Waals surface area contributed by atoms with Crippen LogP contribution in [0.3, 0.4) is 0 Å². The fourth-order valence-corrected chi connectivity index (χ4v) is 4.30. The number of carbonyl (C=O) groups excluding carboxylic acids is 2. The van der Waals surface area contributed by atoms with E-state index < -0.39 is 25.4 Å². The van der Waals surface area contributed by atoms with E-state index in [4.69, 9.17) is 9.47 Å². The molecule has 1 heterocycles. The Bertz CT molecular complexity index is 822. The Hall–Kier alpha value is -2.34. The lowest BCUT2D eigenvalue weighted by molar-refractivity contribution is -0.153. The van der Waals surface area contributed by atoms with Crippen molar-refractivity contribution in [3.63, 3.8) is 0 Å². The van der Waals surface area contributed by atoms with Crippen LogP contribution >= 0.6 is 0 Å². The lowest BCUT2D eigenvalue weighted by atomic mass is 9.66. The van der Waals surface area contributed by atoms with Gasteiger partial charge in [0.25, 0.3) is 0 Å². The average molecular weight is 402 g/mol. The number of rotatable bonds is 5. The number of methoxy groups -OCH3 is 2. The number of nitrogens with one attached hydrogen (secondary N) is 1. The molecule has 2 atom stereocenters. The van der Waals surface area contributed by atoms with Crippen molar-refractivity contribution < 1.29 is 19.1 Å². The van der Waals surface area contributed by atoms with Crippen LogP contribution in [0.15, 0.2) is 41.2 Å². The van der Waals surface area contributed by atoms with Crippen molar-refractivity contribution >= 4 is 26.1 Å². The van der Waals surface area contributed by atoms with E-state index in [9.17, 15) is 9.59 Å². The Morgan fingerprint density at radius 3 is 2.39 bits per heavy atom. The van der Waals surface area contributed by atoms with Crippen molar-refractivity contribution in [2.24, 2.45) is 5.41 Å². The zero-order valence-corrected chi connectivity index (χ0v) is 18.9. The normalized spacial score (nSPS) is 22.8. The Kier molecular flexibility index (Phi) is 6.54. The summed E-state index contributed by atoms with van der Waals surface area (Å²) in [5.41, 5.74) is 4.43. The van der Waals surface area contributed by atoms with Gasteiger partial charge in [0, 0.05) is 18.2 Å². The Balaban J connectivity index is 2.75. The molecule has 0 bridgehead atoms. The van der Waals surface area contributed by atoms with E-state index in [1.807, 2.05) is 38.1 Å². The molecule has 1 aromatic rings. The van der Waals surface area contributed by atoms with Crippen molar-refractivity contribution in [3.05, 3.63) is 52.4 Å². The highest BCUT2D eigenvalue weighted by atomic mass is 28.3. The molecule has 0 fully saturated rings. The van der Waals surface area contributed by atoms with Crippen molar-refractivity contribution in [2.75, 3.05) is 20.8 Å². The highest BCUT2D eigenvalue weighted by Crippen LogP contribution is 2.47. The van der Waals surface area contributed by atoms with E-state index in [2.05, 4.69) is 36.7 Å². The van der Waals surface area contributed by atoms with Gasteiger partial charge < -0.3 is 14.8 Å². The van der Waals surface area contributed by atoms with Gasteiger partial charge in [-0.05, 0) is 25.0 Å². The summed E-state index contributed by atoms with van der Waals surface area (Å²) >= 11 is 0. The van der Waals surface area contributed by atoms with Crippen LogP contribution in [0.4, 0.5) is 0 Å². The summed E-state index contributed by atoms with van der Waals surface area (Å²) in [5, 5.41) is 3.20. The Morgan fingerprint density at radius 1 is 1.18 bits per heavy atom. The smallest absolute Gasteiger partial charge is 0.336 e. The third-order valence-corrected chi connectivity index (χ3v) is 6.34. The predicted octanol–water partition coefficient (Wildman–Crippen LogP) is 3.89. The van der Waals surface area contributed by atoms with Crippen LogP contribution in [-0.4, -0.2) is 40.8 Å². The predicted molar refractivity (Wildman–Crippen MR) is 114 cm³/mol. The van der Waals surface area contributed by atoms with Crippen molar-refractivity contribution in [2.45, 2.75) is 39.4 Å². The standard InChI is InChI=1S/C22H31NO4Si/c1-15-18(20(24)26-3)19(22(2,14-23-15)21(25)27-4)17-11-9-8-10-16(17)12-13-28(5,6)7/h8-13,19,23H,14H2,1-7H3. The zero-order valence-electron chi connectivity index (χ0n) is 17.9. The fourth-order valence-electron chi connectivity index (χ4n) is 3.62. The van der Waals surface area contributed by atoms with E-state index >= 15 is 0 Å². The summed E-state index contributed by atoms with van der Waals surface area (Å²) in [4.78, 5) is 25.5. The van der Waals surface area contributed by atoms with Gasteiger partial charge in [0.15, 0.2) is 0 Å². The van der Waals surface area contributed by atoms with Gasteiger partial charge in [-0.2, -0.15) is 0 Å². The SMILES string of the molecule is COC(=O)C1=C(C)NCC(C)(C(=O)OC)C1c1ccccc1C=C[Si](C)(C)C. The summed E-state index contributed by atoms with van der Waals surface area (Å²) in [6, 6.07) is 7.91. The molecule has 0 amide bonds. The lowest BCUT2D eigenvalue weighted by Gasteiger charge is -2.41. The first-order valence-electron chi connectivity index (χ1n) is 9.44.